The van der Waals surface area contributed by atoms with E-state index in [-0.39, 0.29) is 0 Å². The van der Waals surface area contributed by atoms with Crippen LogP contribution in [0.1, 0.15) is 33.6 Å². The first-order chi connectivity index (χ1) is 10.2. The second-order valence-corrected chi connectivity index (χ2v) is 6.68. The van der Waals surface area contributed by atoms with Gasteiger partial charge in [0.1, 0.15) is 5.75 Å². The smallest absolute Gasteiger partial charge is 0.119 e. The summed E-state index contributed by atoms with van der Waals surface area (Å²) in [5.41, 5.74) is 1.35. The van der Waals surface area contributed by atoms with Crippen molar-refractivity contribution in [3.63, 3.8) is 0 Å². The normalized spacial score (nSPS) is 26.2. The monoisotopic (exact) mass is 288 g/mol. The molecule has 0 saturated carbocycles. The highest BCUT2D eigenvalue weighted by Gasteiger charge is 2.37. The van der Waals surface area contributed by atoms with Crippen molar-refractivity contribution in [2.24, 2.45) is 5.92 Å². The van der Waals surface area contributed by atoms with E-state index >= 15 is 0 Å². The van der Waals surface area contributed by atoms with E-state index < -0.39 is 0 Å². The lowest BCUT2D eigenvalue weighted by atomic mass is 9.96. The summed E-state index contributed by atoms with van der Waals surface area (Å²) >= 11 is 0. The van der Waals surface area contributed by atoms with Gasteiger partial charge in [-0.3, -0.25) is 4.90 Å². The number of rotatable bonds is 4. The SMILES string of the molecule is CCOc1ccc(N2CC3CCCN3CC2C(C)C)cc1. The maximum absolute atomic E-state index is 5.57. The molecule has 2 aliphatic rings. The molecule has 21 heavy (non-hydrogen) atoms. The van der Waals surface area contributed by atoms with Crippen molar-refractivity contribution in [2.75, 3.05) is 31.1 Å². The Labute approximate surface area is 128 Å². The molecule has 2 heterocycles. The Hall–Kier alpha value is -1.22. The number of hydrogen-bond donors (Lipinski definition) is 0. The Morgan fingerprint density at radius 3 is 2.62 bits per heavy atom. The largest absolute Gasteiger partial charge is 0.494 e. The average Bonchev–Trinajstić information content (AvgIpc) is 2.94. The van der Waals surface area contributed by atoms with Crippen LogP contribution in [-0.4, -0.2) is 43.2 Å². The second kappa shape index (κ2) is 6.27. The first-order valence-corrected chi connectivity index (χ1v) is 8.42. The van der Waals surface area contributed by atoms with E-state index in [0.717, 1.165) is 18.4 Å². The van der Waals surface area contributed by atoms with Crippen LogP contribution in [0.4, 0.5) is 5.69 Å². The van der Waals surface area contributed by atoms with Gasteiger partial charge in [-0.05, 0) is 56.5 Å². The minimum Gasteiger partial charge on any atom is -0.494 e. The number of ether oxygens (including phenoxy) is 1. The molecular weight excluding hydrogens is 260 g/mol. The second-order valence-electron chi connectivity index (χ2n) is 6.68. The highest BCUT2D eigenvalue weighted by atomic mass is 16.5. The molecule has 2 aliphatic heterocycles. The highest BCUT2D eigenvalue weighted by Crippen LogP contribution is 2.32. The quantitative estimate of drug-likeness (QED) is 0.844. The van der Waals surface area contributed by atoms with Gasteiger partial charge in [-0.25, -0.2) is 0 Å². The molecule has 0 N–H and O–H groups in total. The Balaban J connectivity index is 1.80. The van der Waals surface area contributed by atoms with Crippen LogP contribution in [0.25, 0.3) is 0 Å². The van der Waals surface area contributed by atoms with Gasteiger partial charge in [0, 0.05) is 30.9 Å². The van der Waals surface area contributed by atoms with Gasteiger partial charge in [-0.2, -0.15) is 0 Å². The molecule has 1 aromatic carbocycles. The summed E-state index contributed by atoms with van der Waals surface area (Å²) in [6.07, 6.45) is 2.73. The van der Waals surface area contributed by atoms with Crippen molar-refractivity contribution in [1.29, 1.82) is 0 Å². The molecule has 3 nitrogen and oxygen atoms in total. The van der Waals surface area contributed by atoms with Crippen molar-refractivity contribution in [1.82, 2.24) is 4.90 Å². The zero-order chi connectivity index (χ0) is 14.8. The summed E-state index contributed by atoms with van der Waals surface area (Å²) < 4.78 is 5.57. The lowest BCUT2D eigenvalue weighted by Gasteiger charge is -2.46. The fraction of sp³-hybridized carbons (Fsp3) is 0.667. The van der Waals surface area contributed by atoms with Crippen LogP contribution in [0, 0.1) is 5.92 Å². The molecule has 2 atom stereocenters. The van der Waals surface area contributed by atoms with Crippen molar-refractivity contribution >= 4 is 5.69 Å². The maximum Gasteiger partial charge on any atom is 0.119 e. The van der Waals surface area contributed by atoms with Gasteiger partial charge in [-0.15, -0.1) is 0 Å². The van der Waals surface area contributed by atoms with Crippen molar-refractivity contribution in [3.05, 3.63) is 24.3 Å². The Kier molecular flexibility index (Phi) is 4.39. The van der Waals surface area contributed by atoms with Crippen LogP contribution in [-0.2, 0) is 0 Å². The van der Waals surface area contributed by atoms with Gasteiger partial charge in [0.15, 0.2) is 0 Å². The fourth-order valence-electron chi connectivity index (χ4n) is 3.81. The summed E-state index contributed by atoms with van der Waals surface area (Å²) in [5.74, 6) is 1.65. The lowest BCUT2D eigenvalue weighted by molar-refractivity contribution is 0.176. The van der Waals surface area contributed by atoms with E-state index in [4.69, 9.17) is 4.74 Å². The molecule has 0 aromatic heterocycles. The zero-order valence-electron chi connectivity index (χ0n) is 13.6. The number of fused-ring (bicyclic) bond motifs is 1. The number of piperazine rings is 1. The first-order valence-electron chi connectivity index (χ1n) is 8.42. The molecular formula is C18H28N2O. The number of nitrogens with zero attached hydrogens (tertiary/aromatic N) is 2. The fourth-order valence-corrected chi connectivity index (χ4v) is 3.81. The summed E-state index contributed by atoms with van der Waals surface area (Å²) in [6, 6.07) is 10.0. The van der Waals surface area contributed by atoms with Crippen LogP contribution in [0.3, 0.4) is 0 Å². The Morgan fingerprint density at radius 2 is 1.95 bits per heavy atom. The average molecular weight is 288 g/mol. The predicted octanol–water partition coefficient (Wildman–Crippen LogP) is 3.39. The van der Waals surface area contributed by atoms with Gasteiger partial charge >= 0.3 is 0 Å². The number of hydrogen-bond acceptors (Lipinski definition) is 3. The molecule has 3 heteroatoms. The molecule has 0 spiro atoms. The van der Waals surface area contributed by atoms with E-state index in [2.05, 4.69) is 47.9 Å². The Morgan fingerprint density at radius 1 is 1.19 bits per heavy atom. The van der Waals surface area contributed by atoms with Crippen molar-refractivity contribution < 1.29 is 4.74 Å². The third-order valence-corrected chi connectivity index (χ3v) is 4.98. The molecule has 2 fully saturated rings. The number of anilines is 1. The van der Waals surface area contributed by atoms with Crippen molar-refractivity contribution in [3.8, 4) is 5.75 Å². The van der Waals surface area contributed by atoms with Crippen LogP contribution >= 0.6 is 0 Å². The van der Waals surface area contributed by atoms with Crippen LogP contribution in [0.2, 0.25) is 0 Å². The van der Waals surface area contributed by atoms with E-state index in [1.807, 2.05) is 6.92 Å². The summed E-state index contributed by atoms with van der Waals surface area (Å²) in [4.78, 5) is 5.34. The topological polar surface area (TPSA) is 15.7 Å². The zero-order valence-corrected chi connectivity index (χ0v) is 13.6. The molecule has 2 unspecified atom stereocenters. The van der Waals surface area contributed by atoms with Crippen molar-refractivity contribution in [2.45, 2.75) is 45.7 Å². The standard InChI is InChI=1S/C18H28N2O/c1-4-21-17-9-7-15(8-10-17)20-12-16-6-5-11-19(16)13-18(20)14(2)3/h7-10,14,16,18H,4-6,11-13H2,1-3H3. The minimum atomic E-state index is 0.622. The third-order valence-electron chi connectivity index (χ3n) is 4.98. The molecule has 0 radical (unpaired) electrons. The van der Waals surface area contributed by atoms with Gasteiger partial charge in [-0.1, -0.05) is 13.8 Å². The summed E-state index contributed by atoms with van der Waals surface area (Å²) in [5, 5.41) is 0. The molecule has 0 bridgehead atoms. The van der Waals surface area contributed by atoms with E-state index in [1.165, 1.54) is 38.2 Å². The third kappa shape index (κ3) is 3.03. The molecule has 0 aliphatic carbocycles. The van der Waals surface area contributed by atoms with E-state index in [1.54, 1.807) is 0 Å². The highest BCUT2D eigenvalue weighted by molar-refractivity contribution is 5.51. The summed E-state index contributed by atoms with van der Waals surface area (Å²) in [7, 11) is 0. The number of benzene rings is 1. The minimum absolute atomic E-state index is 0.622. The van der Waals surface area contributed by atoms with Crippen LogP contribution in [0.5, 0.6) is 5.75 Å². The Bertz CT molecular complexity index is 457. The molecule has 0 amide bonds. The van der Waals surface area contributed by atoms with Gasteiger partial charge in [0.2, 0.25) is 0 Å². The van der Waals surface area contributed by atoms with Crippen LogP contribution in [0.15, 0.2) is 24.3 Å². The molecule has 3 rings (SSSR count). The van der Waals surface area contributed by atoms with Gasteiger partial charge < -0.3 is 9.64 Å². The molecule has 2 saturated heterocycles. The van der Waals surface area contributed by atoms with E-state index in [9.17, 15) is 0 Å². The molecule has 116 valence electrons. The first kappa shape index (κ1) is 14.7. The maximum atomic E-state index is 5.57. The predicted molar refractivity (Wildman–Crippen MR) is 88.2 cm³/mol. The van der Waals surface area contributed by atoms with Gasteiger partial charge in [0.05, 0.1) is 6.61 Å². The summed E-state index contributed by atoms with van der Waals surface area (Å²) in [6.45, 7) is 11.2. The lowest BCUT2D eigenvalue weighted by Crippen LogP contribution is -2.58. The molecule has 1 aromatic rings. The van der Waals surface area contributed by atoms with Crippen LogP contribution < -0.4 is 9.64 Å². The van der Waals surface area contributed by atoms with Gasteiger partial charge in [0.25, 0.3) is 0 Å². The van der Waals surface area contributed by atoms with E-state index in [0.29, 0.717) is 12.0 Å².